The van der Waals surface area contributed by atoms with Crippen molar-refractivity contribution in [2.45, 2.75) is 34.6 Å². The molecular formula is C15H23ClN2O5S2. The summed E-state index contributed by atoms with van der Waals surface area (Å²) in [6, 6.07) is 4.32. The molecule has 0 spiro atoms. The van der Waals surface area contributed by atoms with Crippen molar-refractivity contribution in [3.63, 3.8) is 0 Å². The number of ether oxygens (including phenoxy) is 1. The van der Waals surface area contributed by atoms with Crippen molar-refractivity contribution in [3.8, 4) is 0 Å². The maximum Gasteiger partial charge on any atom is 0.240 e. The zero-order valence-electron chi connectivity index (χ0n) is 13.9. The van der Waals surface area contributed by atoms with Gasteiger partial charge < -0.3 is 10.1 Å². The predicted octanol–water partition coefficient (Wildman–Crippen LogP) is 0.485. The molecule has 10 heteroatoms. The van der Waals surface area contributed by atoms with Crippen molar-refractivity contribution < 1.29 is 21.6 Å². The molecule has 0 radical (unpaired) electrons. The summed E-state index contributed by atoms with van der Waals surface area (Å²) in [6.07, 6.45) is 2.22. The molecule has 142 valence electrons. The number of sulfone groups is 1. The number of methoxy groups -OCH3 is 1. The molecule has 0 amide bonds. The smallest absolute Gasteiger partial charge is 0.240 e. The molecule has 2 aliphatic heterocycles. The molecule has 1 aromatic rings. The third-order valence-electron chi connectivity index (χ3n) is 4.68. The molecule has 0 aromatic heterocycles. The van der Waals surface area contributed by atoms with Gasteiger partial charge >= 0.3 is 0 Å². The van der Waals surface area contributed by atoms with Crippen LogP contribution < -0.4 is 10.0 Å². The first-order chi connectivity index (χ1) is 11.3. The van der Waals surface area contributed by atoms with Gasteiger partial charge in [-0.15, -0.1) is 12.4 Å². The lowest BCUT2D eigenvalue weighted by molar-refractivity contribution is 0.122. The number of hydrogen-bond donors (Lipinski definition) is 2. The maximum absolute atomic E-state index is 12.6. The normalized spacial score (nSPS) is 24.7. The summed E-state index contributed by atoms with van der Waals surface area (Å²) in [4.78, 5) is 0.119. The molecule has 2 N–H and O–H groups in total. The maximum atomic E-state index is 12.6. The zero-order valence-corrected chi connectivity index (χ0v) is 16.4. The average Bonchev–Trinajstić information content (AvgIpc) is 3.11. The lowest BCUT2D eigenvalue weighted by Gasteiger charge is -2.28. The zero-order chi connectivity index (χ0) is 17.4. The van der Waals surface area contributed by atoms with Crippen LogP contribution in [-0.2, 0) is 31.0 Å². The number of sulfonamides is 1. The first-order valence-electron chi connectivity index (χ1n) is 7.87. The lowest BCUT2D eigenvalue weighted by Crippen LogP contribution is -2.52. The van der Waals surface area contributed by atoms with Crippen molar-refractivity contribution in [2.75, 3.05) is 32.6 Å². The molecule has 1 saturated heterocycles. The van der Waals surface area contributed by atoms with Gasteiger partial charge in [0.25, 0.3) is 0 Å². The van der Waals surface area contributed by atoms with Crippen LogP contribution in [0.2, 0.25) is 0 Å². The van der Waals surface area contributed by atoms with E-state index in [1.165, 1.54) is 12.1 Å². The van der Waals surface area contributed by atoms with Crippen molar-refractivity contribution in [1.82, 2.24) is 10.0 Å². The van der Waals surface area contributed by atoms with E-state index in [4.69, 9.17) is 4.74 Å². The van der Waals surface area contributed by atoms with Crippen molar-refractivity contribution in [1.29, 1.82) is 0 Å². The molecule has 25 heavy (non-hydrogen) atoms. The Balaban J connectivity index is 0.00000225. The Hall–Kier alpha value is -0.710. The number of fused-ring (bicyclic) bond motifs is 1. The molecule has 1 atom stereocenters. The summed E-state index contributed by atoms with van der Waals surface area (Å²) in [5.41, 5.74) is 0.271. The highest BCUT2D eigenvalue weighted by Crippen LogP contribution is 2.28. The van der Waals surface area contributed by atoms with Crippen LogP contribution in [0.3, 0.4) is 0 Å². The Labute approximate surface area is 154 Å². The van der Waals surface area contributed by atoms with Crippen LogP contribution in [0.5, 0.6) is 0 Å². The van der Waals surface area contributed by atoms with Crippen LogP contribution in [0.4, 0.5) is 0 Å². The Morgan fingerprint density at radius 3 is 2.76 bits per heavy atom. The van der Waals surface area contributed by atoms with Crippen LogP contribution in [-0.4, -0.2) is 54.9 Å². The van der Waals surface area contributed by atoms with Gasteiger partial charge in [0.05, 0.1) is 27.7 Å². The van der Waals surface area contributed by atoms with E-state index in [-0.39, 0.29) is 34.5 Å². The lowest BCUT2D eigenvalue weighted by atomic mass is 9.99. The van der Waals surface area contributed by atoms with Crippen molar-refractivity contribution in [3.05, 3.63) is 23.8 Å². The molecule has 2 aliphatic rings. The van der Waals surface area contributed by atoms with Gasteiger partial charge in [0.15, 0.2) is 9.84 Å². The summed E-state index contributed by atoms with van der Waals surface area (Å²) in [6.45, 7) is 1.43. The summed E-state index contributed by atoms with van der Waals surface area (Å²) < 4.78 is 56.9. The number of rotatable bonds is 6. The monoisotopic (exact) mass is 410 g/mol. The molecule has 1 fully saturated rings. The topological polar surface area (TPSA) is 102 Å². The predicted molar refractivity (Wildman–Crippen MR) is 96.5 cm³/mol. The van der Waals surface area contributed by atoms with E-state index >= 15 is 0 Å². The molecule has 7 nitrogen and oxygen atoms in total. The van der Waals surface area contributed by atoms with Crippen LogP contribution in [0.1, 0.15) is 18.4 Å². The summed E-state index contributed by atoms with van der Waals surface area (Å²) in [5, 5.41) is 3.30. The van der Waals surface area contributed by atoms with E-state index in [0.717, 1.165) is 19.4 Å². The first-order valence-corrected chi connectivity index (χ1v) is 11.0. The average molecular weight is 411 g/mol. The fourth-order valence-electron chi connectivity index (χ4n) is 3.34. The number of benzene rings is 1. The third-order valence-corrected chi connectivity index (χ3v) is 7.87. The third kappa shape index (κ3) is 4.17. The Bertz CT molecular complexity index is 833. The summed E-state index contributed by atoms with van der Waals surface area (Å²) in [5.74, 6) is 0.0418. The van der Waals surface area contributed by atoms with E-state index in [1.807, 2.05) is 0 Å². The number of aryl methyl sites for hydroxylation is 1. The van der Waals surface area contributed by atoms with Crippen molar-refractivity contribution in [2.24, 2.45) is 0 Å². The molecular weight excluding hydrogens is 388 g/mol. The van der Waals surface area contributed by atoms with Gasteiger partial charge in [-0.1, -0.05) is 6.07 Å². The first kappa shape index (κ1) is 20.6. The minimum absolute atomic E-state index is 0. The molecule has 2 heterocycles. The van der Waals surface area contributed by atoms with Gasteiger partial charge in [0.2, 0.25) is 10.0 Å². The van der Waals surface area contributed by atoms with Gasteiger partial charge in [-0.05, 0) is 43.5 Å². The quantitative estimate of drug-likeness (QED) is 0.707. The van der Waals surface area contributed by atoms with Crippen LogP contribution >= 0.6 is 12.4 Å². The Morgan fingerprint density at radius 2 is 2.12 bits per heavy atom. The van der Waals surface area contributed by atoms with Gasteiger partial charge in [-0.3, -0.25) is 0 Å². The van der Waals surface area contributed by atoms with E-state index in [9.17, 15) is 16.8 Å². The van der Waals surface area contributed by atoms with E-state index in [0.29, 0.717) is 18.6 Å². The molecule has 3 rings (SSSR count). The number of hydrogen-bond acceptors (Lipinski definition) is 6. The Kier molecular flexibility index (Phi) is 6.18. The summed E-state index contributed by atoms with van der Waals surface area (Å²) in [7, 11) is -5.57. The largest absolute Gasteiger partial charge is 0.383 e. The van der Waals surface area contributed by atoms with Crippen LogP contribution in [0.25, 0.3) is 0 Å². The van der Waals surface area contributed by atoms with Crippen LogP contribution in [0.15, 0.2) is 28.0 Å². The highest BCUT2D eigenvalue weighted by atomic mass is 35.5. The molecule has 1 unspecified atom stereocenters. The highest BCUT2D eigenvalue weighted by Gasteiger charge is 2.35. The van der Waals surface area contributed by atoms with Gasteiger partial charge in [0.1, 0.15) is 0 Å². The summed E-state index contributed by atoms with van der Waals surface area (Å²) >= 11 is 0. The van der Waals surface area contributed by atoms with Gasteiger partial charge in [0, 0.05) is 13.7 Å². The van der Waals surface area contributed by atoms with E-state index < -0.39 is 25.4 Å². The van der Waals surface area contributed by atoms with Gasteiger partial charge in [-0.25, -0.2) is 21.6 Å². The highest BCUT2D eigenvalue weighted by molar-refractivity contribution is 7.92. The van der Waals surface area contributed by atoms with E-state index in [1.54, 1.807) is 13.2 Å². The van der Waals surface area contributed by atoms with Crippen molar-refractivity contribution >= 4 is 32.3 Å². The molecule has 0 aliphatic carbocycles. The number of nitrogens with one attached hydrogen (secondary N) is 2. The Morgan fingerprint density at radius 1 is 1.36 bits per heavy atom. The molecule has 1 aromatic carbocycles. The standard InChI is InChI=1S/C15H22N2O5S2.ClH/c1-22-11-15(6-2-7-16-15)10-17-24(20,21)13-4-3-12-5-8-23(18,19)14(12)9-13;/h3-4,9,16-17H,2,5-8,10-11H2,1H3;1H. The fourth-order valence-corrected chi connectivity index (χ4v) is 6.15. The second kappa shape index (κ2) is 7.50. The minimum atomic E-state index is -3.79. The van der Waals surface area contributed by atoms with Gasteiger partial charge in [-0.2, -0.15) is 0 Å². The number of halogens is 1. The SMILES string of the molecule is COCC1(CNS(=O)(=O)c2ccc3c(c2)S(=O)(=O)CC3)CCCN1.Cl. The molecule has 0 saturated carbocycles. The second-order valence-electron chi connectivity index (χ2n) is 6.41. The van der Waals surface area contributed by atoms with E-state index in [2.05, 4.69) is 10.0 Å². The molecule has 0 bridgehead atoms. The van der Waals surface area contributed by atoms with Crippen LogP contribution in [0, 0.1) is 0 Å². The second-order valence-corrected chi connectivity index (χ2v) is 10.3. The fraction of sp³-hybridized carbons (Fsp3) is 0.600. The minimum Gasteiger partial charge on any atom is -0.383 e.